The van der Waals surface area contributed by atoms with Crippen molar-refractivity contribution >= 4 is 5.69 Å². The van der Waals surface area contributed by atoms with Gasteiger partial charge in [-0.3, -0.25) is 0 Å². The molecule has 1 aromatic carbocycles. The number of benzene rings is 1. The molecule has 0 aliphatic carbocycles. The third kappa shape index (κ3) is 2.87. The van der Waals surface area contributed by atoms with E-state index in [0.29, 0.717) is 12.0 Å². The average Bonchev–Trinajstić information content (AvgIpc) is 2.83. The molecular weight excluding hydrogens is 212 g/mol. The average molecular weight is 230 g/mol. The molecule has 0 saturated heterocycles. The molecule has 0 bridgehead atoms. The highest BCUT2D eigenvalue weighted by Gasteiger charge is 2.07. The second-order valence-electron chi connectivity index (χ2n) is 4.62. The van der Waals surface area contributed by atoms with E-state index in [2.05, 4.69) is 43.2 Å². The van der Waals surface area contributed by atoms with E-state index in [1.807, 2.05) is 12.1 Å². The predicted molar refractivity (Wildman–Crippen MR) is 69.9 cm³/mol. The van der Waals surface area contributed by atoms with Gasteiger partial charge in [0.1, 0.15) is 0 Å². The van der Waals surface area contributed by atoms with Gasteiger partial charge in [-0.2, -0.15) is 0 Å². The van der Waals surface area contributed by atoms with Crippen LogP contribution in [-0.4, -0.2) is 11.0 Å². The second-order valence-corrected chi connectivity index (χ2v) is 4.62. The summed E-state index contributed by atoms with van der Waals surface area (Å²) in [5.74, 6) is 1.41. The molecule has 1 atom stereocenters. The minimum absolute atomic E-state index is 0.464. The van der Waals surface area contributed by atoms with Crippen LogP contribution in [0.2, 0.25) is 0 Å². The van der Waals surface area contributed by atoms with Crippen molar-refractivity contribution in [1.82, 2.24) is 4.98 Å². The Morgan fingerprint density at radius 3 is 2.35 bits per heavy atom. The fraction of sp³-hybridized carbons (Fsp3) is 0.357. The molecule has 3 nitrogen and oxygen atoms in total. The summed E-state index contributed by atoms with van der Waals surface area (Å²) in [5.41, 5.74) is 2.18. The van der Waals surface area contributed by atoms with Gasteiger partial charge < -0.3 is 9.73 Å². The minimum atomic E-state index is 0.464. The first-order chi connectivity index (χ1) is 8.16. The maximum absolute atomic E-state index is 5.25. The Labute approximate surface area is 102 Å². The van der Waals surface area contributed by atoms with Gasteiger partial charge >= 0.3 is 0 Å². The quantitative estimate of drug-likeness (QED) is 0.868. The zero-order valence-electron chi connectivity index (χ0n) is 10.5. The molecule has 1 N–H and O–H groups in total. The van der Waals surface area contributed by atoms with Crippen LogP contribution in [0.5, 0.6) is 0 Å². The lowest BCUT2D eigenvalue weighted by atomic mass is 10.1. The van der Waals surface area contributed by atoms with Crippen molar-refractivity contribution in [1.29, 1.82) is 0 Å². The van der Waals surface area contributed by atoms with Crippen molar-refractivity contribution in [2.75, 3.05) is 5.32 Å². The summed E-state index contributed by atoms with van der Waals surface area (Å²) >= 11 is 0. The number of nitrogens with zero attached hydrogens (tertiary/aromatic N) is 1. The fourth-order valence-electron chi connectivity index (χ4n) is 1.52. The molecule has 0 aliphatic rings. The van der Waals surface area contributed by atoms with Crippen LogP contribution in [0.25, 0.3) is 11.3 Å². The molecule has 0 aliphatic heterocycles. The molecule has 3 heteroatoms. The van der Waals surface area contributed by atoms with Crippen molar-refractivity contribution in [3.05, 3.63) is 36.9 Å². The van der Waals surface area contributed by atoms with Crippen LogP contribution in [0.1, 0.15) is 20.8 Å². The van der Waals surface area contributed by atoms with Gasteiger partial charge in [0, 0.05) is 17.3 Å². The summed E-state index contributed by atoms with van der Waals surface area (Å²) in [5, 5.41) is 3.47. The van der Waals surface area contributed by atoms with Gasteiger partial charge in [0.15, 0.2) is 12.2 Å². The molecule has 17 heavy (non-hydrogen) atoms. The van der Waals surface area contributed by atoms with Crippen LogP contribution in [0.4, 0.5) is 5.69 Å². The molecule has 0 radical (unpaired) electrons. The zero-order valence-corrected chi connectivity index (χ0v) is 10.5. The van der Waals surface area contributed by atoms with Gasteiger partial charge in [-0.25, -0.2) is 4.98 Å². The summed E-state index contributed by atoms with van der Waals surface area (Å²) < 4.78 is 5.25. The van der Waals surface area contributed by atoms with Crippen molar-refractivity contribution in [3.63, 3.8) is 0 Å². The molecule has 1 aromatic heterocycles. The van der Waals surface area contributed by atoms with E-state index >= 15 is 0 Å². The lowest BCUT2D eigenvalue weighted by molar-refractivity contribution is 0.560. The van der Waals surface area contributed by atoms with E-state index in [1.165, 1.54) is 6.39 Å². The van der Waals surface area contributed by atoms with Gasteiger partial charge in [-0.05, 0) is 37.1 Å². The summed E-state index contributed by atoms with van der Waals surface area (Å²) in [4.78, 5) is 3.91. The molecule has 0 amide bonds. The number of oxazole rings is 1. The third-order valence-corrected chi connectivity index (χ3v) is 3.00. The topological polar surface area (TPSA) is 38.1 Å². The number of rotatable bonds is 4. The lowest BCUT2D eigenvalue weighted by Crippen LogP contribution is -2.21. The molecule has 2 rings (SSSR count). The van der Waals surface area contributed by atoms with E-state index < -0.39 is 0 Å². The van der Waals surface area contributed by atoms with Crippen LogP contribution in [-0.2, 0) is 0 Å². The number of hydrogen-bond donors (Lipinski definition) is 1. The van der Waals surface area contributed by atoms with E-state index in [-0.39, 0.29) is 0 Å². The Kier molecular flexibility index (Phi) is 3.47. The molecule has 0 fully saturated rings. The summed E-state index contributed by atoms with van der Waals surface area (Å²) in [7, 11) is 0. The maximum Gasteiger partial charge on any atom is 0.181 e. The Morgan fingerprint density at radius 2 is 1.82 bits per heavy atom. The normalized spacial score (nSPS) is 12.7. The van der Waals surface area contributed by atoms with E-state index in [9.17, 15) is 0 Å². The number of hydrogen-bond acceptors (Lipinski definition) is 3. The van der Waals surface area contributed by atoms with Gasteiger partial charge in [-0.1, -0.05) is 13.8 Å². The minimum Gasteiger partial charge on any atom is -0.444 e. The van der Waals surface area contributed by atoms with Crippen LogP contribution in [0.15, 0.2) is 41.3 Å². The highest BCUT2D eigenvalue weighted by molar-refractivity contribution is 5.60. The zero-order chi connectivity index (χ0) is 12.3. The smallest absolute Gasteiger partial charge is 0.181 e. The Hall–Kier alpha value is -1.77. The van der Waals surface area contributed by atoms with Crippen molar-refractivity contribution in [3.8, 4) is 11.3 Å². The van der Waals surface area contributed by atoms with E-state index in [0.717, 1.165) is 17.0 Å². The number of nitrogens with one attached hydrogen (secondary N) is 1. The van der Waals surface area contributed by atoms with Crippen LogP contribution >= 0.6 is 0 Å². The maximum atomic E-state index is 5.25. The largest absolute Gasteiger partial charge is 0.444 e. The molecule has 2 aromatic rings. The van der Waals surface area contributed by atoms with E-state index in [1.54, 1.807) is 6.20 Å². The molecular formula is C14H18N2O. The van der Waals surface area contributed by atoms with Crippen LogP contribution < -0.4 is 5.32 Å². The van der Waals surface area contributed by atoms with Gasteiger partial charge in [-0.15, -0.1) is 0 Å². The fourth-order valence-corrected chi connectivity index (χ4v) is 1.52. The predicted octanol–water partition coefficient (Wildman–Crippen LogP) is 3.80. The van der Waals surface area contributed by atoms with Crippen molar-refractivity contribution < 1.29 is 4.42 Å². The SMILES string of the molecule is CC(C)C(C)Nc1ccc(-c2cnco2)cc1. The first kappa shape index (κ1) is 11.7. The third-order valence-electron chi connectivity index (χ3n) is 3.00. The Bertz CT molecular complexity index is 446. The molecule has 90 valence electrons. The lowest BCUT2D eigenvalue weighted by Gasteiger charge is -2.18. The van der Waals surface area contributed by atoms with Crippen molar-refractivity contribution in [2.24, 2.45) is 5.92 Å². The van der Waals surface area contributed by atoms with Gasteiger partial charge in [0.25, 0.3) is 0 Å². The van der Waals surface area contributed by atoms with Gasteiger partial charge in [0.2, 0.25) is 0 Å². The number of aromatic nitrogens is 1. The van der Waals surface area contributed by atoms with E-state index in [4.69, 9.17) is 4.42 Å². The summed E-state index contributed by atoms with van der Waals surface area (Å²) in [6.07, 6.45) is 3.17. The number of anilines is 1. The molecule has 0 saturated carbocycles. The Balaban J connectivity index is 2.08. The summed E-state index contributed by atoms with van der Waals surface area (Å²) in [6.45, 7) is 6.61. The van der Waals surface area contributed by atoms with Gasteiger partial charge in [0.05, 0.1) is 6.20 Å². The Morgan fingerprint density at radius 1 is 1.12 bits per heavy atom. The monoisotopic (exact) mass is 230 g/mol. The molecule has 0 spiro atoms. The second kappa shape index (κ2) is 5.04. The van der Waals surface area contributed by atoms with Crippen molar-refractivity contribution in [2.45, 2.75) is 26.8 Å². The molecule has 1 heterocycles. The first-order valence-corrected chi connectivity index (χ1v) is 5.92. The highest BCUT2D eigenvalue weighted by atomic mass is 16.3. The standard InChI is InChI=1S/C14H18N2O/c1-10(2)11(3)16-13-6-4-12(5-7-13)14-8-15-9-17-14/h4-11,16H,1-3H3. The molecule has 1 unspecified atom stereocenters. The summed E-state index contributed by atoms with van der Waals surface area (Å²) in [6, 6.07) is 8.67. The first-order valence-electron chi connectivity index (χ1n) is 5.92. The van der Waals surface area contributed by atoms with Crippen LogP contribution in [0, 0.1) is 5.92 Å². The van der Waals surface area contributed by atoms with Crippen LogP contribution in [0.3, 0.4) is 0 Å². The highest BCUT2D eigenvalue weighted by Crippen LogP contribution is 2.21.